The first kappa shape index (κ1) is 14.0. The second kappa shape index (κ2) is 6.05. The Balaban J connectivity index is 3.06. The summed E-state index contributed by atoms with van der Waals surface area (Å²) in [6.07, 6.45) is 1.02. The van der Waals surface area contributed by atoms with Crippen LogP contribution in [0.15, 0.2) is 10.9 Å². The number of aryl methyl sites for hydroxylation is 1. The van der Waals surface area contributed by atoms with E-state index in [0.29, 0.717) is 6.61 Å². The molecule has 16 heavy (non-hydrogen) atoms. The third-order valence-electron chi connectivity index (χ3n) is 1.83. The van der Waals surface area contributed by atoms with Gasteiger partial charge in [-0.25, -0.2) is 0 Å². The van der Waals surface area contributed by atoms with E-state index in [9.17, 15) is 4.79 Å². The SMILES string of the molecule is CCCSP(=S)(OCC)n1[nH]c(C)cc1=O. The van der Waals surface area contributed by atoms with E-state index in [0.717, 1.165) is 17.9 Å². The Kier molecular flexibility index (Phi) is 5.31. The highest BCUT2D eigenvalue weighted by molar-refractivity contribution is 8.68. The Morgan fingerprint density at radius 1 is 1.62 bits per heavy atom. The first-order valence-electron chi connectivity index (χ1n) is 5.22. The van der Waals surface area contributed by atoms with Crippen molar-refractivity contribution in [1.82, 2.24) is 9.55 Å². The molecule has 1 atom stereocenters. The van der Waals surface area contributed by atoms with Gasteiger partial charge in [-0.2, -0.15) is 4.45 Å². The van der Waals surface area contributed by atoms with Gasteiger partial charge in [0.25, 0.3) is 5.56 Å². The van der Waals surface area contributed by atoms with Crippen LogP contribution in [0.5, 0.6) is 0 Å². The van der Waals surface area contributed by atoms with Crippen molar-refractivity contribution in [2.75, 3.05) is 12.4 Å². The number of nitrogens with zero attached hydrogens (tertiary/aromatic N) is 1. The molecular formula is C9H17N2O2PS2. The monoisotopic (exact) mass is 280 g/mol. The summed E-state index contributed by atoms with van der Waals surface area (Å²) in [6, 6.07) is 1.55. The topological polar surface area (TPSA) is 47.0 Å². The van der Waals surface area contributed by atoms with Gasteiger partial charge in [-0.1, -0.05) is 18.3 Å². The fourth-order valence-corrected chi connectivity index (χ4v) is 6.67. The zero-order chi connectivity index (χ0) is 12.2. The molecule has 1 aromatic rings. The van der Waals surface area contributed by atoms with E-state index in [-0.39, 0.29) is 5.56 Å². The van der Waals surface area contributed by atoms with Gasteiger partial charge in [0.1, 0.15) is 0 Å². The van der Waals surface area contributed by atoms with Gasteiger partial charge < -0.3 is 4.52 Å². The second-order valence-electron chi connectivity index (χ2n) is 3.31. The summed E-state index contributed by atoms with van der Waals surface area (Å²) < 4.78 is 7.12. The second-order valence-corrected chi connectivity index (χ2v) is 10.0. The number of hydrogen-bond donors (Lipinski definition) is 1. The molecule has 0 amide bonds. The molecule has 0 fully saturated rings. The minimum absolute atomic E-state index is 0.0992. The van der Waals surface area contributed by atoms with E-state index < -0.39 is 5.62 Å². The van der Waals surface area contributed by atoms with Gasteiger partial charge >= 0.3 is 0 Å². The minimum Gasteiger partial charge on any atom is -0.325 e. The molecular weight excluding hydrogens is 263 g/mol. The van der Waals surface area contributed by atoms with Crippen LogP contribution in [0, 0.1) is 6.92 Å². The van der Waals surface area contributed by atoms with Gasteiger partial charge in [-0.3, -0.25) is 9.89 Å². The Morgan fingerprint density at radius 2 is 2.31 bits per heavy atom. The van der Waals surface area contributed by atoms with Crippen LogP contribution >= 0.6 is 17.0 Å². The third kappa shape index (κ3) is 3.23. The first-order chi connectivity index (χ1) is 7.53. The predicted molar refractivity (Wildman–Crippen MR) is 73.8 cm³/mol. The Labute approximate surface area is 105 Å². The maximum atomic E-state index is 11.7. The summed E-state index contributed by atoms with van der Waals surface area (Å²) in [4.78, 5) is 11.7. The fraction of sp³-hybridized carbons (Fsp3) is 0.667. The van der Waals surface area contributed by atoms with Crippen LogP contribution in [-0.4, -0.2) is 21.9 Å². The number of aromatic amines is 1. The summed E-state index contributed by atoms with van der Waals surface area (Å²) in [7, 11) is 0. The molecule has 0 aromatic carbocycles. The molecule has 1 aromatic heterocycles. The van der Waals surface area contributed by atoms with Gasteiger partial charge in [0.15, 0.2) is 0 Å². The quantitative estimate of drug-likeness (QED) is 0.814. The Morgan fingerprint density at radius 3 is 2.75 bits per heavy atom. The minimum atomic E-state index is -2.31. The summed E-state index contributed by atoms with van der Waals surface area (Å²) in [5.74, 6) is 0.905. The molecule has 0 bridgehead atoms. The average molecular weight is 280 g/mol. The van der Waals surface area contributed by atoms with E-state index in [4.69, 9.17) is 16.3 Å². The lowest BCUT2D eigenvalue weighted by atomic mass is 10.5. The maximum Gasteiger partial charge on any atom is 0.273 e. The number of rotatable bonds is 6. The van der Waals surface area contributed by atoms with E-state index in [1.807, 2.05) is 13.8 Å². The lowest BCUT2D eigenvalue weighted by Crippen LogP contribution is -2.14. The lowest BCUT2D eigenvalue weighted by Gasteiger charge is -2.20. The van der Waals surface area contributed by atoms with Gasteiger partial charge in [0.05, 0.1) is 6.61 Å². The number of hydrogen-bond acceptors (Lipinski definition) is 4. The first-order valence-corrected chi connectivity index (χ1v) is 9.48. The highest BCUT2D eigenvalue weighted by Crippen LogP contribution is 2.59. The normalized spacial score (nSPS) is 14.9. The van der Waals surface area contributed by atoms with Crippen molar-refractivity contribution in [3.05, 3.63) is 22.1 Å². The van der Waals surface area contributed by atoms with Crippen LogP contribution in [-0.2, 0) is 16.3 Å². The van der Waals surface area contributed by atoms with Crippen LogP contribution in [0.4, 0.5) is 0 Å². The molecule has 0 saturated heterocycles. The van der Waals surface area contributed by atoms with E-state index in [1.165, 1.54) is 4.45 Å². The summed E-state index contributed by atoms with van der Waals surface area (Å²) >= 11 is 7.08. The summed E-state index contributed by atoms with van der Waals surface area (Å²) in [6.45, 7) is 6.35. The van der Waals surface area contributed by atoms with Gasteiger partial charge in [-0.15, -0.1) is 0 Å². The molecule has 1 heterocycles. The molecule has 1 rings (SSSR count). The van der Waals surface area contributed by atoms with Crippen molar-refractivity contribution < 1.29 is 4.52 Å². The molecule has 7 heteroatoms. The molecule has 0 spiro atoms. The fourth-order valence-electron chi connectivity index (χ4n) is 1.21. The van der Waals surface area contributed by atoms with Crippen LogP contribution in [0.1, 0.15) is 26.0 Å². The summed E-state index contributed by atoms with van der Waals surface area (Å²) in [5.41, 5.74) is -1.59. The summed E-state index contributed by atoms with van der Waals surface area (Å²) in [5, 5.41) is 2.98. The van der Waals surface area contributed by atoms with Gasteiger partial charge in [-0.05, 0) is 32.1 Å². The Bertz CT molecular complexity index is 441. The van der Waals surface area contributed by atoms with Crippen molar-refractivity contribution in [2.24, 2.45) is 0 Å². The van der Waals surface area contributed by atoms with Crippen LogP contribution in [0.25, 0.3) is 0 Å². The molecule has 0 radical (unpaired) electrons. The van der Waals surface area contributed by atoms with E-state index in [2.05, 4.69) is 12.0 Å². The van der Waals surface area contributed by atoms with Gasteiger partial charge in [0.2, 0.25) is 5.62 Å². The van der Waals surface area contributed by atoms with Crippen molar-refractivity contribution in [2.45, 2.75) is 27.2 Å². The van der Waals surface area contributed by atoms with E-state index in [1.54, 1.807) is 17.4 Å². The predicted octanol–water partition coefficient (Wildman–Crippen LogP) is 2.74. The molecule has 92 valence electrons. The highest BCUT2D eigenvalue weighted by atomic mass is 32.9. The highest BCUT2D eigenvalue weighted by Gasteiger charge is 2.23. The molecule has 4 nitrogen and oxygen atoms in total. The smallest absolute Gasteiger partial charge is 0.273 e. The van der Waals surface area contributed by atoms with Crippen LogP contribution < -0.4 is 5.56 Å². The van der Waals surface area contributed by atoms with Gasteiger partial charge in [0, 0.05) is 17.5 Å². The number of H-pyrrole nitrogens is 1. The lowest BCUT2D eigenvalue weighted by molar-refractivity contribution is 0.377. The molecule has 1 unspecified atom stereocenters. The third-order valence-corrected chi connectivity index (χ3v) is 8.20. The molecule has 0 aliphatic carbocycles. The van der Waals surface area contributed by atoms with Crippen molar-refractivity contribution >= 4 is 28.8 Å². The molecule has 0 saturated carbocycles. The maximum absolute atomic E-state index is 11.7. The number of nitrogens with one attached hydrogen (secondary N) is 1. The largest absolute Gasteiger partial charge is 0.325 e. The van der Waals surface area contributed by atoms with E-state index >= 15 is 0 Å². The number of aromatic nitrogens is 2. The molecule has 1 N–H and O–H groups in total. The molecule has 0 aliphatic rings. The average Bonchev–Trinajstić information content (AvgIpc) is 2.56. The van der Waals surface area contributed by atoms with Crippen molar-refractivity contribution in [3.63, 3.8) is 0 Å². The Hall–Kier alpha value is -0.0300. The van der Waals surface area contributed by atoms with Crippen molar-refractivity contribution in [1.29, 1.82) is 0 Å². The van der Waals surface area contributed by atoms with Crippen LogP contribution in [0.3, 0.4) is 0 Å². The molecule has 0 aliphatic heterocycles. The standard InChI is InChI=1S/C9H17N2O2PS2/c1-4-6-16-14(15,13-5-2)11-9(12)7-8(3)10-11/h7,10H,4-6H2,1-3H3. The zero-order valence-corrected chi connectivity index (χ0v) is 12.3. The van der Waals surface area contributed by atoms with Crippen molar-refractivity contribution in [3.8, 4) is 0 Å². The zero-order valence-electron chi connectivity index (χ0n) is 9.73. The van der Waals surface area contributed by atoms with Crippen LogP contribution in [0.2, 0.25) is 0 Å².